The lowest BCUT2D eigenvalue weighted by Crippen LogP contribution is -2.41. The number of nitrogens with one attached hydrogen (secondary N) is 1. The molecule has 25 heavy (non-hydrogen) atoms. The summed E-state index contributed by atoms with van der Waals surface area (Å²) in [6.07, 6.45) is 0. The van der Waals surface area contributed by atoms with E-state index in [2.05, 4.69) is 5.32 Å². The second-order valence-corrected chi connectivity index (χ2v) is 7.21. The molecule has 3 rings (SSSR count). The van der Waals surface area contributed by atoms with Gasteiger partial charge in [-0.1, -0.05) is 12.1 Å². The monoisotopic (exact) mass is 339 g/mol. The Morgan fingerprint density at radius 2 is 1.60 bits per heavy atom. The second-order valence-electron chi connectivity index (χ2n) is 7.21. The van der Waals surface area contributed by atoms with Crippen LogP contribution in [0.25, 0.3) is 0 Å². The molecule has 1 aliphatic heterocycles. The molecule has 0 bridgehead atoms. The van der Waals surface area contributed by atoms with Gasteiger partial charge in [-0.05, 0) is 69.6 Å². The maximum absolute atomic E-state index is 12.5. The number of phenols is 1. The van der Waals surface area contributed by atoms with Gasteiger partial charge in [0.05, 0.1) is 11.2 Å². The predicted octanol–water partition coefficient (Wildman–Crippen LogP) is 2.94. The van der Waals surface area contributed by atoms with Gasteiger partial charge in [-0.15, -0.1) is 0 Å². The molecule has 0 radical (unpaired) electrons. The molecule has 6 heteroatoms. The highest BCUT2D eigenvalue weighted by Crippen LogP contribution is 2.36. The van der Waals surface area contributed by atoms with Crippen LogP contribution in [0.1, 0.15) is 38.1 Å². The van der Waals surface area contributed by atoms with Crippen LogP contribution in [0.5, 0.6) is 5.75 Å². The first kappa shape index (κ1) is 17.5. The summed E-state index contributed by atoms with van der Waals surface area (Å²) in [7, 11) is -0.508. The maximum atomic E-state index is 12.5. The molecule has 0 saturated carbocycles. The minimum atomic E-state index is -0.508. The van der Waals surface area contributed by atoms with Gasteiger partial charge >= 0.3 is 7.12 Å². The van der Waals surface area contributed by atoms with Crippen molar-refractivity contribution in [2.75, 3.05) is 5.32 Å². The van der Waals surface area contributed by atoms with Gasteiger partial charge < -0.3 is 19.7 Å². The lowest BCUT2D eigenvalue weighted by molar-refractivity contribution is 0.00578. The number of benzene rings is 2. The molecule has 1 heterocycles. The van der Waals surface area contributed by atoms with Gasteiger partial charge in [0.15, 0.2) is 0 Å². The van der Waals surface area contributed by atoms with Crippen molar-refractivity contribution in [3.05, 3.63) is 54.1 Å². The zero-order valence-electron chi connectivity index (χ0n) is 14.9. The summed E-state index contributed by atoms with van der Waals surface area (Å²) in [5.74, 6) is -0.0789. The Bertz CT molecular complexity index is 770. The summed E-state index contributed by atoms with van der Waals surface area (Å²) in [4.78, 5) is 12.5. The number of hydrogen-bond donors (Lipinski definition) is 2. The Kier molecular flexibility index (Phi) is 4.35. The van der Waals surface area contributed by atoms with E-state index in [1.54, 1.807) is 24.3 Å². The number of anilines is 1. The fourth-order valence-electron chi connectivity index (χ4n) is 2.55. The molecule has 0 spiro atoms. The van der Waals surface area contributed by atoms with Crippen LogP contribution in [0.15, 0.2) is 48.5 Å². The van der Waals surface area contributed by atoms with Gasteiger partial charge in [-0.3, -0.25) is 4.79 Å². The Labute approximate surface area is 148 Å². The Hall–Kier alpha value is -2.31. The number of hydrogen-bond acceptors (Lipinski definition) is 4. The first-order valence-corrected chi connectivity index (χ1v) is 8.24. The third-order valence-electron chi connectivity index (χ3n) is 4.80. The van der Waals surface area contributed by atoms with E-state index in [0.717, 1.165) is 5.46 Å². The number of rotatable bonds is 3. The molecular formula is C19H22BNO4. The molecule has 130 valence electrons. The third-order valence-corrected chi connectivity index (χ3v) is 4.80. The molecule has 5 nitrogen and oxygen atoms in total. The van der Waals surface area contributed by atoms with Crippen LogP contribution in [0.3, 0.4) is 0 Å². The van der Waals surface area contributed by atoms with Crippen molar-refractivity contribution in [1.29, 1.82) is 0 Å². The molecule has 1 amide bonds. The van der Waals surface area contributed by atoms with Crippen molar-refractivity contribution < 1.29 is 19.2 Å². The van der Waals surface area contributed by atoms with Crippen LogP contribution in [-0.4, -0.2) is 29.3 Å². The van der Waals surface area contributed by atoms with Crippen LogP contribution in [0.4, 0.5) is 5.69 Å². The predicted molar refractivity (Wildman–Crippen MR) is 98.2 cm³/mol. The van der Waals surface area contributed by atoms with Crippen molar-refractivity contribution in [2.45, 2.75) is 38.9 Å². The molecule has 0 aliphatic carbocycles. The maximum Gasteiger partial charge on any atom is 0.494 e. The van der Waals surface area contributed by atoms with Gasteiger partial charge in [0, 0.05) is 11.3 Å². The zero-order valence-corrected chi connectivity index (χ0v) is 14.9. The van der Waals surface area contributed by atoms with E-state index in [-0.39, 0.29) is 11.7 Å². The van der Waals surface area contributed by atoms with Crippen molar-refractivity contribution in [2.24, 2.45) is 0 Å². The van der Waals surface area contributed by atoms with E-state index in [0.29, 0.717) is 11.3 Å². The SMILES string of the molecule is CC1(C)OB(c2cccc(C(=O)Nc3ccc(O)cc3)c2)OC1(C)C. The van der Waals surface area contributed by atoms with Crippen LogP contribution >= 0.6 is 0 Å². The highest BCUT2D eigenvalue weighted by atomic mass is 16.7. The fraction of sp³-hybridized carbons (Fsp3) is 0.316. The standard InChI is InChI=1S/C19H22BNO4/c1-18(2)19(3,4)25-20(24-18)14-7-5-6-13(12-14)17(23)21-15-8-10-16(22)11-9-15/h5-12,22H,1-4H3,(H,21,23). The van der Waals surface area contributed by atoms with Gasteiger partial charge in [0.25, 0.3) is 5.91 Å². The average Bonchev–Trinajstić information content (AvgIpc) is 2.78. The third kappa shape index (κ3) is 3.55. The normalized spacial score (nSPS) is 18.2. The molecule has 1 saturated heterocycles. The Morgan fingerprint density at radius 3 is 2.20 bits per heavy atom. The van der Waals surface area contributed by atoms with Crippen molar-refractivity contribution >= 4 is 24.2 Å². The largest absolute Gasteiger partial charge is 0.508 e. The van der Waals surface area contributed by atoms with E-state index in [1.807, 2.05) is 39.8 Å². The van der Waals surface area contributed by atoms with Crippen molar-refractivity contribution in [3.63, 3.8) is 0 Å². The molecule has 2 aromatic rings. The minimum Gasteiger partial charge on any atom is -0.508 e. The second kappa shape index (κ2) is 6.21. The number of carbonyl (C=O) groups excluding carboxylic acids is 1. The summed E-state index contributed by atoms with van der Waals surface area (Å²) < 4.78 is 12.1. The molecule has 1 aliphatic rings. The number of amides is 1. The van der Waals surface area contributed by atoms with Crippen LogP contribution < -0.4 is 10.8 Å². The van der Waals surface area contributed by atoms with Crippen LogP contribution in [0.2, 0.25) is 0 Å². The van der Waals surface area contributed by atoms with E-state index < -0.39 is 18.3 Å². The molecule has 1 fully saturated rings. The first-order chi connectivity index (χ1) is 11.7. The van der Waals surface area contributed by atoms with E-state index >= 15 is 0 Å². The topological polar surface area (TPSA) is 67.8 Å². The molecule has 0 aromatic heterocycles. The zero-order chi connectivity index (χ0) is 18.2. The van der Waals surface area contributed by atoms with E-state index in [4.69, 9.17) is 9.31 Å². The summed E-state index contributed by atoms with van der Waals surface area (Å²) >= 11 is 0. The molecule has 0 atom stereocenters. The highest BCUT2D eigenvalue weighted by molar-refractivity contribution is 6.62. The quantitative estimate of drug-likeness (QED) is 0.666. The van der Waals surface area contributed by atoms with E-state index in [9.17, 15) is 9.90 Å². The Morgan fingerprint density at radius 1 is 1.00 bits per heavy atom. The Balaban J connectivity index is 1.78. The van der Waals surface area contributed by atoms with Gasteiger partial charge in [0.1, 0.15) is 5.75 Å². The van der Waals surface area contributed by atoms with Crippen molar-refractivity contribution in [3.8, 4) is 5.75 Å². The molecule has 2 aromatic carbocycles. The smallest absolute Gasteiger partial charge is 0.494 e. The van der Waals surface area contributed by atoms with Gasteiger partial charge in [-0.25, -0.2) is 0 Å². The molecule has 0 unspecified atom stereocenters. The minimum absolute atomic E-state index is 0.153. The average molecular weight is 339 g/mol. The summed E-state index contributed by atoms with van der Waals surface area (Å²) in [6, 6.07) is 13.6. The number of carbonyl (C=O) groups is 1. The van der Waals surface area contributed by atoms with Gasteiger partial charge in [-0.2, -0.15) is 0 Å². The fourth-order valence-corrected chi connectivity index (χ4v) is 2.55. The van der Waals surface area contributed by atoms with E-state index in [1.165, 1.54) is 12.1 Å². The number of aromatic hydroxyl groups is 1. The summed E-state index contributed by atoms with van der Waals surface area (Å²) in [5, 5.41) is 12.1. The number of phenolic OH excluding ortho intramolecular Hbond substituents is 1. The van der Waals surface area contributed by atoms with Crippen molar-refractivity contribution in [1.82, 2.24) is 0 Å². The van der Waals surface area contributed by atoms with Crippen LogP contribution in [-0.2, 0) is 9.31 Å². The molecular weight excluding hydrogens is 317 g/mol. The first-order valence-electron chi connectivity index (χ1n) is 8.24. The van der Waals surface area contributed by atoms with Crippen LogP contribution in [0, 0.1) is 0 Å². The highest BCUT2D eigenvalue weighted by Gasteiger charge is 2.51. The summed E-state index contributed by atoms with van der Waals surface area (Å²) in [5.41, 5.74) is 1.07. The lowest BCUT2D eigenvalue weighted by Gasteiger charge is -2.32. The lowest BCUT2D eigenvalue weighted by atomic mass is 9.78. The summed E-state index contributed by atoms with van der Waals surface area (Å²) in [6.45, 7) is 7.98. The van der Waals surface area contributed by atoms with Gasteiger partial charge in [0.2, 0.25) is 0 Å². The molecule has 2 N–H and O–H groups in total.